The summed E-state index contributed by atoms with van der Waals surface area (Å²) >= 11 is 0. The van der Waals surface area contributed by atoms with Crippen molar-refractivity contribution in [3.8, 4) is 5.75 Å². The fourth-order valence-corrected chi connectivity index (χ4v) is 12.9. The summed E-state index contributed by atoms with van der Waals surface area (Å²) in [6.07, 6.45) is -0.214. The predicted molar refractivity (Wildman–Crippen MR) is 365 cm³/mol. The number of phenols is 1. The quantitative estimate of drug-likeness (QED) is 0.0340. The van der Waals surface area contributed by atoms with Gasteiger partial charge in [-0.3, -0.25) is 38.4 Å². The number of carboxylic acid groups (broad SMARTS) is 1. The van der Waals surface area contributed by atoms with Gasteiger partial charge < -0.3 is 84.9 Å². The molecule has 10 atom stereocenters. The Bertz CT molecular complexity index is 3600. The van der Waals surface area contributed by atoms with E-state index >= 15 is 19.2 Å². The number of phenolic OH excluding ortho intramolecular Hbond substituents is 1. The van der Waals surface area contributed by atoms with Crippen LogP contribution in [0, 0.1) is 0 Å². The van der Waals surface area contributed by atoms with Crippen LogP contribution in [-0.2, 0) is 81.8 Å². The molecule has 1 saturated heterocycles. The van der Waals surface area contributed by atoms with E-state index in [9.17, 15) is 44.1 Å². The van der Waals surface area contributed by atoms with E-state index < -0.39 is 120 Å². The second-order valence-electron chi connectivity index (χ2n) is 23.8. The lowest BCUT2D eigenvalue weighted by Gasteiger charge is -2.29. The van der Waals surface area contributed by atoms with Crippen LogP contribution in [-0.4, -0.2) is 164 Å². The number of hydrogen-bond acceptors (Lipinski definition) is 16. The minimum absolute atomic E-state index is 0.0480. The van der Waals surface area contributed by atoms with Gasteiger partial charge in [0.15, 0.2) is 0 Å². The third-order valence-corrected chi connectivity index (χ3v) is 18.2. The van der Waals surface area contributed by atoms with Crippen molar-refractivity contribution in [2.75, 3.05) is 18.1 Å². The van der Waals surface area contributed by atoms with Crippen molar-refractivity contribution in [3.63, 3.8) is 0 Å². The van der Waals surface area contributed by atoms with Crippen molar-refractivity contribution in [1.29, 1.82) is 0 Å². The number of H-pyrrole nitrogens is 1. The number of rotatable bonds is 22. The number of primary amides is 1. The summed E-state index contributed by atoms with van der Waals surface area (Å²) < 4.78 is 0. The first kappa shape index (κ1) is 73.9. The molecule has 2 heterocycles. The van der Waals surface area contributed by atoms with Crippen molar-refractivity contribution < 1.29 is 63.3 Å². The number of hydrogen-bond donors (Lipinski definition) is 16. The van der Waals surface area contributed by atoms with Gasteiger partial charge in [0.25, 0.3) is 0 Å². The van der Waals surface area contributed by atoms with Gasteiger partial charge in [0.05, 0.1) is 6.10 Å². The van der Waals surface area contributed by atoms with Gasteiger partial charge in [-0.1, -0.05) is 151 Å². The number of benzene rings is 5. The third-order valence-electron chi connectivity index (χ3n) is 15.8. The molecular formula is C68H85N13O13S2. The minimum atomic E-state index is -1.77. The van der Waals surface area contributed by atoms with E-state index in [2.05, 4.69) is 58.2 Å². The molecule has 6 aromatic rings. The van der Waals surface area contributed by atoms with Crippen molar-refractivity contribution in [3.05, 3.63) is 173 Å². The van der Waals surface area contributed by atoms with Gasteiger partial charge in [-0.25, -0.2) is 9.59 Å². The third kappa shape index (κ3) is 23.2. The summed E-state index contributed by atoms with van der Waals surface area (Å²) in [5.74, 6) is -9.69. The minimum Gasteiger partial charge on any atom is -0.508 e. The fourth-order valence-electron chi connectivity index (χ4n) is 10.6. The zero-order chi connectivity index (χ0) is 69.3. The summed E-state index contributed by atoms with van der Waals surface area (Å²) in [6, 6.07) is 22.6. The molecule has 1 fully saturated rings. The van der Waals surface area contributed by atoms with Crippen LogP contribution in [0.5, 0.6) is 5.75 Å². The number of carbonyl (C=O) groups is 10. The maximum absolute atomic E-state index is 15.4. The van der Waals surface area contributed by atoms with E-state index in [1.165, 1.54) is 31.2 Å². The van der Waals surface area contributed by atoms with Crippen LogP contribution >= 0.6 is 21.6 Å². The largest absolute Gasteiger partial charge is 0.508 e. The molecule has 1 aromatic heterocycles. The SMILES string of the molecule is CC(C)NCc1ccc(C[C@@H]2NC(=O)[C@H](Cc3ccccc3)NC(=O)[C@@H](NC(=O)[C@H](Cc3ccc(O)cc3)NC(N)=O)CSSC[C@@H](C(=O)O)NC(=O)[C@H](Cc3ccccc3)NC(=O)[C@H]([C@@H](C)O)NC(=O)[C@H](CCCCN)NC(=O)[C@H](Cc3c[nH]c4ccccc34)NC2=O)cc1. The Morgan fingerprint density at radius 2 is 1.05 bits per heavy atom. The number of carboxylic acids is 1. The number of nitrogens with two attached hydrogens (primary N) is 2. The monoisotopic (exact) mass is 1360 g/mol. The van der Waals surface area contributed by atoms with Crippen LogP contribution in [0.25, 0.3) is 10.9 Å². The summed E-state index contributed by atoms with van der Waals surface area (Å²) in [4.78, 5) is 147. The van der Waals surface area contributed by atoms with Crippen LogP contribution in [0.3, 0.4) is 0 Å². The van der Waals surface area contributed by atoms with Gasteiger partial charge in [0.1, 0.15) is 60.1 Å². The number of unbranched alkanes of at least 4 members (excludes halogenated alkanes) is 1. The van der Waals surface area contributed by atoms with Gasteiger partial charge in [-0.2, -0.15) is 0 Å². The van der Waals surface area contributed by atoms with Crippen LogP contribution in [0.2, 0.25) is 0 Å². The molecule has 5 aromatic carbocycles. The topological polar surface area (TPSA) is 420 Å². The van der Waals surface area contributed by atoms with Crippen LogP contribution in [0.4, 0.5) is 4.79 Å². The Labute approximate surface area is 564 Å². The molecule has 0 bridgehead atoms. The maximum atomic E-state index is 15.4. The van der Waals surface area contributed by atoms with Crippen molar-refractivity contribution >= 4 is 91.7 Å². The Kier molecular flexibility index (Phi) is 28.5. The van der Waals surface area contributed by atoms with E-state index in [1.54, 1.807) is 85.1 Å². The molecule has 1 aliphatic heterocycles. The number of aliphatic hydroxyl groups is 1. The predicted octanol–water partition coefficient (Wildman–Crippen LogP) is 1.79. The van der Waals surface area contributed by atoms with E-state index in [1.807, 2.05) is 44.2 Å². The molecule has 10 amide bonds. The molecule has 0 spiro atoms. The molecule has 28 heteroatoms. The summed E-state index contributed by atoms with van der Waals surface area (Å²) in [5, 5.41) is 59.8. The first-order chi connectivity index (χ1) is 46.0. The molecule has 26 nitrogen and oxygen atoms in total. The summed E-state index contributed by atoms with van der Waals surface area (Å²) in [6.45, 7) is 5.97. The van der Waals surface area contributed by atoms with Crippen molar-refractivity contribution in [1.82, 2.24) is 58.2 Å². The number of aliphatic carboxylic acids is 1. The highest BCUT2D eigenvalue weighted by atomic mass is 33.1. The van der Waals surface area contributed by atoms with Gasteiger partial charge in [0, 0.05) is 73.3 Å². The normalized spacial score (nSPS) is 21.4. The molecular weight excluding hydrogens is 1270 g/mol. The number of fused-ring (bicyclic) bond motifs is 1. The summed E-state index contributed by atoms with van der Waals surface area (Å²) in [5.41, 5.74) is 15.8. The second-order valence-corrected chi connectivity index (χ2v) is 26.3. The Hall–Kier alpha value is -9.48. The highest BCUT2D eigenvalue weighted by Crippen LogP contribution is 2.25. The van der Waals surface area contributed by atoms with E-state index in [0.29, 0.717) is 51.7 Å². The first-order valence-electron chi connectivity index (χ1n) is 31.6. The highest BCUT2D eigenvalue weighted by molar-refractivity contribution is 8.76. The summed E-state index contributed by atoms with van der Waals surface area (Å²) in [7, 11) is 1.78. The molecule has 18 N–H and O–H groups in total. The Balaban J connectivity index is 1.33. The number of aliphatic hydroxyl groups excluding tert-OH is 1. The smallest absolute Gasteiger partial charge is 0.327 e. The van der Waals surface area contributed by atoms with Crippen LogP contribution in [0.15, 0.2) is 140 Å². The lowest BCUT2D eigenvalue weighted by atomic mass is 9.99. The highest BCUT2D eigenvalue weighted by Gasteiger charge is 2.38. The molecule has 0 unspecified atom stereocenters. The Morgan fingerprint density at radius 3 is 1.61 bits per heavy atom. The molecule has 96 heavy (non-hydrogen) atoms. The molecule has 1 aliphatic rings. The van der Waals surface area contributed by atoms with Gasteiger partial charge in [-0.15, -0.1) is 0 Å². The van der Waals surface area contributed by atoms with E-state index in [-0.39, 0.29) is 74.8 Å². The van der Waals surface area contributed by atoms with E-state index in [4.69, 9.17) is 11.5 Å². The molecule has 0 radical (unpaired) electrons. The fraction of sp³-hybridized carbons (Fsp3) is 0.382. The molecule has 7 rings (SSSR count). The van der Waals surface area contributed by atoms with Crippen molar-refractivity contribution in [2.45, 2.75) is 145 Å². The van der Waals surface area contributed by atoms with Crippen LogP contribution in [0.1, 0.15) is 73.4 Å². The average Bonchev–Trinajstić information content (AvgIpc) is 1.58. The number of nitrogens with one attached hydrogen (secondary N) is 11. The van der Waals surface area contributed by atoms with Crippen LogP contribution < -0.4 is 64.6 Å². The first-order valence-corrected chi connectivity index (χ1v) is 34.1. The Morgan fingerprint density at radius 1 is 0.562 bits per heavy atom. The number of urea groups is 1. The lowest BCUT2D eigenvalue weighted by molar-refractivity contribution is -0.141. The van der Waals surface area contributed by atoms with Crippen molar-refractivity contribution in [2.24, 2.45) is 11.5 Å². The van der Waals surface area contributed by atoms with Gasteiger partial charge in [0.2, 0.25) is 47.3 Å². The molecule has 0 aliphatic carbocycles. The van der Waals surface area contributed by atoms with E-state index in [0.717, 1.165) is 27.2 Å². The average molecular weight is 1360 g/mol. The number of aromatic hydroxyl groups is 1. The standard InChI is InChI=1S/C68H85N13O13S2/c1-39(2)71-35-45-23-21-43(22-24-45)32-52-61(86)76-55(34-46-36-72-49-19-11-10-18-48(46)49)64(89)73-50(20-12-13-29-69)59(84)81-58(40(3)82)66(91)77-53(31-42-16-8-5-9-17-42)62(87)79-57(67(92)93)38-96-95-37-56(65(90)75-51(60(85)74-52)30-41-14-6-4-7-15-41)78-63(88)54(80-68(70)94)33-44-25-27-47(83)28-26-44/h4-11,14-19,21-28,36,39-40,50-58,71-72,82-83H,12-13,20,29-35,37-38,69H2,1-3H3,(H,73,89)(H,74,85)(H,75,90)(H,76,86)(H,77,91)(H,78,88)(H,79,87)(H,81,84)(H,92,93)(H3,70,80,94)/t40-,50+,51+,52+,53+,54+,55+,56+,57+,58+/m1/s1. The number of aromatic amines is 1. The number of carbonyl (C=O) groups excluding carboxylic acids is 9. The molecule has 512 valence electrons. The van der Waals surface area contributed by atoms with Gasteiger partial charge >= 0.3 is 12.0 Å². The zero-order valence-corrected chi connectivity index (χ0v) is 55.1. The second kappa shape index (κ2) is 37.0. The molecule has 0 saturated carbocycles. The number of para-hydroxylation sites is 1. The van der Waals surface area contributed by atoms with Gasteiger partial charge in [-0.05, 0) is 84.3 Å². The number of amides is 10. The zero-order valence-electron chi connectivity index (χ0n) is 53.5. The lowest BCUT2D eigenvalue weighted by Crippen LogP contribution is -2.62. The maximum Gasteiger partial charge on any atom is 0.327 e. The number of aromatic nitrogens is 1.